The molecule has 3 saturated carbocycles. The van der Waals surface area contributed by atoms with Crippen molar-refractivity contribution < 1.29 is 29.9 Å². The van der Waals surface area contributed by atoms with Crippen molar-refractivity contribution in [2.24, 2.45) is 52.3 Å². The Kier molecular flexibility index (Phi) is 9.51. The molecule has 0 unspecified atom stereocenters. The molecule has 41 heavy (non-hydrogen) atoms. The topological polar surface area (TPSA) is 99.4 Å². The van der Waals surface area contributed by atoms with Gasteiger partial charge in [-0.05, 0) is 110 Å². The average Bonchev–Trinajstić information content (AvgIpc) is 3.30. The molecule has 0 radical (unpaired) electrons. The highest BCUT2D eigenvalue weighted by molar-refractivity contribution is 5.25. The molecule has 14 atom stereocenters. The molecule has 1 saturated heterocycles. The minimum atomic E-state index is -1.40. The molecular weight excluding hydrogens is 516 g/mol. The van der Waals surface area contributed by atoms with Crippen molar-refractivity contribution in [2.45, 2.75) is 136 Å². The van der Waals surface area contributed by atoms with Gasteiger partial charge in [-0.25, -0.2) is 0 Å². The maximum atomic E-state index is 10.5. The van der Waals surface area contributed by atoms with Gasteiger partial charge in [0.25, 0.3) is 0 Å². The van der Waals surface area contributed by atoms with E-state index in [9.17, 15) is 20.4 Å². The van der Waals surface area contributed by atoms with Crippen LogP contribution in [0.25, 0.3) is 0 Å². The highest BCUT2D eigenvalue weighted by atomic mass is 16.7. The fraction of sp³-hybridized carbons (Fsp3) is 0.886. The van der Waals surface area contributed by atoms with Crippen LogP contribution in [-0.2, 0) is 9.47 Å². The van der Waals surface area contributed by atoms with Crippen LogP contribution < -0.4 is 0 Å². The van der Waals surface area contributed by atoms with Gasteiger partial charge in [0.15, 0.2) is 6.29 Å². The van der Waals surface area contributed by atoms with Crippen LogP contribution in [0, 0.1) is 52.3 Å². The maximum absolute atomic E-state index is 10.5. The first kappa shape index (κ1) is 31.7. The fourth-order valence-electron chi connectivity index (χ4n) is 10.3. The van der Waals surface area contributed by atoms with Crippen molar-refractivity contribution in [3.8, 4) is 0 Å². The first-order valence-corrected chi connectivity index (χ1v) is 16.8. The third-order valence-corrected chi connectivity index (χ3v) is 12.9. The van der Waals surface area contributed by atoms with Gasteiger partial charge in [0.2, 0.25) is 0 Å². The van der Waals surface area contributed by atoms with E-state index >= 15 is 0 Å². The van der Waals surface area contributed by atoms with Gasteiger partial charge in [0.1, 0.15) is 24.4 Å². The Hall–Kier alpha value is -0.760. The number of hydrogen-bond donors (Lipinski definition) is 4. The van der Waals surface area contributed by atoms with E-state index in [4.69, 9.17) is 9.47 Å². The Morgan fingerprint density at radius 2 is 1.73 bits per heavy atom. The van der Waals surface area contributed by atoms with E-state index in [1.807, 2.05) is 0 Å². The van der Waals surface area contributed by atoms with E-state index in [1.54, 1.807) is 0 Å². The highest BCUT2D eigenvalue weighted by Crippen LogP contribution is 2.67. The van der Waals surface area contributed by atoms with Gasteiger partial charge in [-0.3, -0.25) is 0 Å². The molecule has 4 N–H and O–H groups in total. The van der Waals surface area contributed by atoms with Crippen molar-refractivity contribution >= 4 is 0 Å². The predicted molar refractivity (Wildman–Crippen MR) is 161 cm³/mol. The lowest BCUT2D eigenvalue weighted by atomic mass is 9.47. The van der Waals surface area contributed by atoms with E-state index in [2.05, 4.69) is 59.8 Å². The van der Waals surface area contributed by atoms with Crippen molar-refractivity contribution in [1.29, 1.82) is 0 Å². The molecule has 0 aromatic heterocycles. The first-order valence-electron chi connectivity index (χ1n) is 16.8. The van der Waals surface area contributed by atoms with Gasteiger partial charge in [-0.1, -0.05) is 65.3 Å². The van der Waals surface area contributed by atoms with Crippen LogP contribution in [0.3, 0.4) is 0 Å². The Bertz CT molecular complexity index is 960. The second kappa shape index (κ2) is 12.3. The number of rotatable bonds is 8. The van der Waals surface area contributed by atoms with Gasteiger partial charge in [-0.15, -0.1) is 0 Å². The summed E-state index contributed by atoms with van der Waals surface area (Å²) in [4.78, 5) is 0. The Morgan fingerprint density at radius 1 is 0.976 bits per heavy atom. The Morgan fingerprint density at radius 3 is 2.41 bits per heavy atom. The van der Waals surface area contributed by atoms with Gasteiger partial charge in [0, 0.05) is 0 Å². The standard InChI is InChI=1S/C35H58O6/c1-7-22(20(2)3)9-8-21(4)26-12-13-27-25-11-10-23-18-24(14-16-34(23,5)28(25)15-17-35(26,27)6)40-33-32(39)31(38)30(37)29(19-36)41-33/h8-10,20-22,24-33,36-39H,7,11-19H2,1-6H3/b9-8+/t21-,22-,24+,25+,26-,27+,28+,29-,30-,31+,32-,33+,34+,35-/m1/s1. The van der Waals surface area contributed by atoms with Crippen LogP contribution in [0.15, 0.2) is 23.8 Å². The van der Waals surface area contributed by atoms with Gasteiger partial charge >= 0.3 is 0 Å². The number of allylic oxidation sites excluding steroid dienone is 3. The Balaban J connectivity index is 1.26. The third kappa shape index (κ3) is 5.64. The summed E-state index contributed by atoms with van der Waals surface area (Å²) in [6.07, 6.45) is 11.9. The molecule has 5 aliphatic rings. The fourth-order valence-corrected chi connectivity index (χ4v) is 10.3. The van der Waals surface area contributed by atoms with Gasteiger partial charge in [-0.2, -0.15) is 0 Å². The van der Waals surface area contributed by atoms with Gasteiger partial charge in [0.05, 0.1) is 12.7 Å². The molecule has 0 aromatic rings. The summed E-state index contributed by atoms with van der Waals surface area (Å²) < 4.78 is 11.9. The summed E-state index contributed by atoms with van der Waals surface area (Å²) in [6, 6.07) is 0. The van der Waals surface area contributed by atoms with Crippen molar-refractivity contribution in [3.05, 3.63) is 23.8 Å². The van der Waals surface area contributed by atoms with Crippen molar-refractivity contribution in [3.63, 3.8) is 0 Å². The van der Waals surface area contributed by atoms with Crippen molar-refractivity contribution in [2.75, 3.05) is 6.61 Å². The molecule has 6 nitrogen and oxygen atoms in total. The summed E-state index contributed by atoms with van der Waals surface area (Å²) in [5.41, 5.74) is 2.11. The second-order valence-electron chi connectivity index (χ2n) is 15.2. The van der Waals surface area contributed by atoms with Crippen LogP contribution in [0.4, 0.5) is 0 Å². The highest BCUT2D eigenvalue weighted by Gasteiger charge is 2.59. The number of aliphatic hydroxyl groups excluding tert-OH is 4. The number of hydrogen-bond acceptors (Lipinski definition) is 6. The molecule has 0 aromatic carbocycles. The molecule has 6 heteroatoms. The van der Waals surface area contributed by atoms with E-state index < -0.39 is 37.3 Å². The summed E-state index contributed by atoms with van der Waals surface area (Å²) >= 11 is 0. The lowest BCUT2D eigenvalue weighted by Gasteiger charge is -2.58. The van der Waals surface area contributed by atoms with E-state index in [0.29, 0.717) is 29.1 Å². The first-order chi connectivity index (χ1) is 19.4. The smallest absolute Gasteiger partial charge is 0.186 e. The molecule has 5 rings (SSSR count). The molecule has 0 amide bonds. The minimum absolute atomic E-state index is 0.109. The van der Waals surface area contributed by atoms with Crippen LogP contribution in [0.5, 0.6) is 0 Å². The quantitative estimate of drug-likeness (QED) is 0.281. The SMILES string of the molecule is CC[C@H](/C=C/[C@@H](C)[C@H]1CC[C@H]2[C@@H]3CC=C4C[C@@H](O[C@H]5O[C@H](CO)[C@@H](O)[C@H](O)[C@H]5O)CC[C@]4(C)[C@H]3CC[C@]12C)C(C)C. The molecule has 4 fully saturated rings. The van der Waals surface area contributed by atoms with Crippen LogP contribution >= 0.6 is 0 Å². The molecule has 4 aliphatic carbocycles. The maximum Gasteiger partial charge on any atom is 0.186 e. The average molecular weight is 575 g/mol. The largest absolute Gasteiger partial charge is 0.394 e. The second-order valence-corrected chi connectivity index (χ2v) is 15.2. The monoisotopic (exact) mass is 574 g/mol. The zero-order valence-corrected chi connectivity index (χ0v) is 26.4. The lowest BCUT2D eigenvalue weighted by molar-refractivity contribution is -0.313. The minimum Gasteiger partial charge on any atom is -0.394 e. The summed E-state index contributed by atoms with van der Waals surface area (Å²) in [5, 5.41) is 40.4. The summed E-state index contributed by atoms with van der Waals surface area (Å²) in [6.45, 7) is 14.2. The molecule has 0 spiro atoms. The van der Waals surface area contributed by atoms with Crippen LogP contribution in [-0.4, -0.2) is 63.8 Å². The van der Waals surface area contributed by atoms with Gasteiger partial charge < -0.3 is 29.9 Å². The van der Waals surface area contributed by atoms with E-state index in [0.717, 1.165) is 43.4 Å². The zero-order valence-electron chi connectivity index (χ0n) is 26.4. The number of ether oxygens (including phenoxy) is 2. The van der Waals surface area contributed by atoms with Crippen molar-refractivity contribution in [1.82, 2.24) is 0 Å². The molecule has 1 aliphatic heterocycles. The summed E-state index contributed by atoms with van der Waals surface area (Å²) in [7, 11) is 0. The molecule has 0 bridgehead atoms. The molecular formula is C35H58O6. The predicted octanol–water partition coefficient (Wildman–Crippen LogP) is 5.63. The van der Waals surface area contributed by atoms with E-state index in [1.165, 1.54) is 37.7 Å². The zero-order chi connectivity index (χ0) is 29.7. The normalized spacial score (nSPS) is 47.9. The number of fused-ring (bicyclic) bond motifs is 5. The summed E-state index contributed by atoms with van der Waals surface area (Å²) in [5.74, 6) is 5.05. The van der Waals surface area contributed by atoms with E-state index in [-0.39, 0.29) is 11.5 Å². The van der Waals surface area contributed by atoms with Crippen LogP contribution in [0.1, 0.15) is 99.3 Å². The van der Waals surface area contributed by atoms with Crippen LogP contribution in [0.2, 0.25) is 0 Å². The molecule has 1 heterocycles. The Labute approximate surface area is 248 Å². The third-order valence-electron chi connectivity index (χ3n) is 12.9. The number of aliphatic hydroxyl groups is 4. The lowest BCUT2D eigenvalue weighted by Crippen LogP contribution is -2.60. The molecule has 234 valence electrons.